The van der Waals surface area contributed by atoms with Gasteiger partial charge >= 0.3 is 0 Å². The van der Waals surface area contributed by atoms with Gasteiger partial charge in [-0.25, -0.2) is 0 Å². The lowest BCUT2D eigenvalue weighted by Gasteiger charge is -2.28. The van der Waals surface area contributed by atoms with E-state index in [1.807, 2.05) is 0 Å². The fourth-order valence-electron chi connectivity index (χ4n) is 3.17. The van der Waals surface area contributed by atoms with Crippen molar-refractivity contribution in [3.63, 3.8) is 0 Å². The summed E-state index contributed by atoms with van der Waals surface area (Å²) >= 11 is 6.62. The third-order valence-corrected chi connectivity index (χ3v) is 5.09. The third-order valence-electron chi connectivity index (χ3n) is 4.78. The molecule has 0 aliphatic carbocycles. The zero-order chi connectivity index (χ0) is 16.0. The molecule has 0 atom stereocenters. The fraction of sp³-hybridized carbons (Fsp3) is 1.00. The average molecular weight is 317 g/mol. The summed E-state index contributed by atoms with van der Waals surface area (Å²) in [5.74, 6) is 0.705. The second kappa shape index (κ2) is 13.9. The predicted molar refractivity (Wildman–Crippen MR) is 99.4 cm³/mol. The summed E-state index contributed by atoms with van der Waals surface area (Å²) in [5, 5.41) is 0. The molecule has 0 saturated carbocycles. The highest BCUT2D eigenvalue weighted by atomic mass is 35.5. The van der Waals surface area contributed by atoms with Crippen molar-refractivity contribution in [2.24, 2.45) is 5.92 Å². The molecular formula is C20H41Cl. The van der Waals surface area contributed by atoms with E-state index in [2.05, 4.69) is 27.7 Å². The van der Waals surface area contributed by atoms with Crippen LogP contribution in [0.4, 0.5) is 0 Å². The molecule has 0 amide bonds. The zero-order valence-corrected chi connectivity index (χ0v) is 16.1. The van der Waals surface area contributed by atoms with E-state index in [-0.39, 0.29) is 4.87 Å². The maximum atomic E-state index is 6.62. The highest BCUT2D eigenvalue weighted by Crippen LogP contribution is 2.33. The molecule has 0 aliphatic heterocycles. The van der Waals surface area contributed by atoms with Crippen LogP contribution in [-0.2, 0) is 0 Å². The van der Waals surface area contributed by atoms with Crippen LogP contribution in [0.2, 0.25) is 0 Å². The summed E-state index contributed by atoms with van der Waals surface area (Å²) in [6, 6.07) is 0. The van der Waals surface area contributed by atoms with Crippen LogP contribution in [0, 0.1) is 5.92 Å². The van der Waals surface area contributed by atoms with Gasteiger partial charge in [0, 0.05) is 4.87 Å². The van der Waals surface area contributed by atoms with Crippen molar-refractivity contribution < 1.29 is 0 Å². The van der Waals surface area contributed by atoms with Crippen molar-refractivity contribution >= 4 is 11.6 Å². The Morgan fingerprint density at radius 1 is 0.619 bits per heavy atom. The number of halogens is 1. The summed E-state index contributed by atoms with van der Waals surface area (Å²) in [6.45, 7) is 9.00. The summed E-state index contributed by atoms with van der Waals surface area (Å²) in [4.78, 5) is -0.0210. The van der Waals surface area contributed by atoms with E-state index >= 15 is 0 Å². The van der Waals surface area contributed by atoms with Gasteiger partial charge in [0.05, 0.1) is 0 Å². The summed E-state index contributed by atoms with van der Waals surface area (Å²) < 4.78 is 0. The normalized spacial score (nSPS) is 12.3. The molecule has 0 aromatic carbocycles. The summed E-state index contributed by atoms with van der Waals surface area (Å²) in [5.41, 5.74) is 0. The minimum atomic E-state index is -0.0210. The summed E-state index contributed by atoms with van der Waals surface area (Å²) in [6.07, 6.45) is 19.4. The van der Waals surface area contributed by atoms with E-state index in [9.17, 15) is 0 Å². The molecule has 0 aromatic heterocycles. The molecule has 0 bridgehead atoms. The van der Waals surface area contributed by atoms with Crippen LogP contribution < -0.4 is 0 Å². The molecule has 1 heteroatoms. The van der Waals surface area contributed by atoms with E-state index in [0.717, 1.165) is 0 Å². The van der Waals surface area contributed by atoms with Gasteiger partial charge in [0.2, 0.25) is 0 Å². The van der Waals surface area contributed by atoms with Crippen molar-refractivity contribution in [1.82, 2.24) is 0 Å². The molecule has 0 unspecified atom stereocenters. The Balaban J connectivity index is 3.74. The topological polar surface area (TPSA) is 0 Å². The smallest absolute Gasteiger partial charge is 0.0418 e. The number of hydrogen-bond donors (Lipinski definition) is 0. The second-order valence-electron chi connectivity index (χ2n) is 7.37. The van der Waals surface area contributed by atoms with Gasteiger partial charge in [-0.1, -0.05) is 90.9 Å². The highest BCUT2D eigenvalue weighted by molar-refractivity contribution is 6.23. The SMILES string of the molecule is CCCCCCCCC(CCCCCCCC)C(C)(C)Cl. The molecule has 0 N–H and O–H groups in total. The number of unbranched alkanes of at least 4 members (excludes halogenated alkanes) is 10. The van der Waals surface area contributed by atoms with Gasteiger partial charge < -0.3 is 0 Å². The first-order valence-electron chi connectivity index (χ1n) is 9.71. The Labute approximate surface area is 140 Å². The Bertz CT molecular complexity index is 188. The van der Waals surface area contributed by atoms with Gasteiger partial charge in [0.1, 0.15) is 0 Å². The molecular weight excluding hydrogens is 276 g/mol. The van der Waals surface area contributed by atoms with Gasteiger partial charge in [0.25, 0.3) is 0 Å². The monoisotopic (exact) mass is 316 g/mol. The number of alkyl halides is 1. The van der Waals surface area contributed by atoms with Crippen molar-refractivity contribution in [2.75, 3.05) is 0 Å². The van der Waals surface area contributed by atoms with Gasteiger partial charge in [-0.2, -0.15) is 0 Å². The lowest BCUT2D eigenvalue weighted by Crippen LogP contribution is -2.24. The third kappa shape index (κ3) is 13.7. The standard InChI is InChI=1S/C20H41Cl/c1-5-7-9-11-13-15-17-19(20(3,4)21)18-16-14-12-10-8-6-2/h19H,5-18H2,1-4H3. The molecule has 0 saturated heterocycles. The summed E-state index contributed by atoms with van der Waals surface area (Å²) in [7, 11) is 0. The molecule has 0 aromatic rings. The lowest BCUT2D eigenvalue weighted by molar-refractivity contribution is 0.335. The van der Waals surface area contributed by atoms with Gasteiger partial charge in [-0.05, 0) is 32.6 Å². The zero-order valence-electron chi connectivity index (χ0n) is 15.4. The van der Waals surface area contributed by atoms with Crippen molar-refractivity contribution in [3.8, 4) is 0 Å². The maximum Gasteiger partial charge on any atom is 0.0418 e. The molecule has 128 valence electrons. The minimum Gasteiger partial charge on any atom is -0.120 e. The average Bonchev–Trinajstić information content (AvgIpc) is 2.42. The predicted octanol–water partition coefficient (Wildman–Crippen LogP) is 8.12. The molecule has 0 rings (SSSR count). The van der Waals surface area contributed by atoms with Crippen molar-refractivity contribution in [1.29, 1.82) is 0 Å². The van der Waals surface area contributed by atoms with Crippen LogP contribution in [0.15, 0.2) is 0 Å². The largest absolute Gasteiger partial charge is 0.120 e. The first-order chi connectivity index (χ1) is 10.0. The van der Waals surface area contributed by atoms with Crippen LogP contribution in [0.3, 0.4) is 0 Å². The molecule has 0 spiro atoms. The van der Waals surface area contributed by atoms with Gasteiger partial charge in [0.15, 0.2) is 0 Å². The van der Waals surface area contributed by atoms with E-state index in [4.69, 9.17) is 11.6 Å². The molecule has 0 nitrogen and oxygen atoms in total. The first kappa shape index (κ1) is 21.3. The highest BCUT2D eigenvalue weighted by Gasteiger charge is 2.25. The van der Waals surface area contributed by atoms with Crippen molar-refractivity contribution in [2.45, 2.75) is 122 Å². The molecule has 21 heavy (non-hydrogen) atoms. The Hall–Kier alpha value is 0.290. The van der Waals surface area contributed by atoms with Crippen LogP contribution in [0.25, 0.3) is 0 Å². The van der Waals surface area contributed by atoms with E-state index < -0.39 is 0 Å². The van der Waals surface area contributed by atoms with Crippen LogP contribution in [-0.4, -0.2) is 4.87 Å². The van der Waals surface area contributed by atoms with Crippen LogP contribution >= 0.6 is 11.6 Å². The Morgan fingerprint density at radius 3 is 1.29 bits per heavy atom. The first-order valence-corrected chi connectivity index (χ1v) is 10.1. The lowest BCUT2D eigenvalue weighted by atomic mass is 9.85. The fourth-order valence-corrected chi connectivity index (χ4v) is 3.39. The van der Waals surface area contributed by atoms with E-state index in [1.165, 1.54) is 89.9 Å². The maximum absolute atomic E-state index is 6.62. The van der Waals surface area contributed by atoms with Crippen molar-refractivity contribution in [3.05, 3.63) is 0 Å². The van der Waals surface area contributed by atoms with Gasteiger partial charge in [-0.3, -0.25) is 0 Å². The van der Waals surface area contributed by atoms with Crippen LogP contribution in [0.5, 0.6) is 0 Å². The molecule has 0 aliphatic rings. The molecule has 0 heterocycles. The number of rotatable bonds is 15. The van der Waals surface area contributed by atoms with E-state index in [0.29, 0.717) is 5.92 Å². The minimum absolute atomic E-state index is 0.0210. The van der Waals surface area contributed by atoms with Gasteiger partial charge in [-0.15, -0.1) is 11.6 Å². The molecule has 0 radical (unpaired) electrons. The number of hydrogen-bond acceptors (Lipinski definition) is 0. The second-order valence-corrected chi connectivity index (χ2v) is 8.35. The Kier molecular flexibility index (Phi) is 14.1. The quantitative estimate of drug-likeness (QED) is 0.211. The van der Waals surface area contributed by atoms with E-state index in [1.54, 1.807) is 0 Å². The Morgan fingerprint density at radius 2 is 0.952 bits per heavy atom. The van der Waals surface area contributed by atoms with Crippen LogP contribution in [0.1, 0.15) is 118 Å². The molecule has 0 fully saturated rings.